The van der Waals surface area contributed by atoms with E-state index in [0.29, 0.717) is 5.56 Å². The molecule has 1 saturated heterocycles. The molecule has 1 N–H and O–H groups in total. The zero-order valence-corrected chi connectivity index (χ0v) is 18.5. The van der Waals surface area contributed by atoms with E-state index in [0.717, 1.165) is 0 Å². The monoisotopic (exact) mass is 434 g/mol. The quantitative estimate of drug-likeness (QED) is 0.539. The van der Waals surface area contributed by atoms with E-state index < -0.39 is 28.9 Å². The van der Waals surface area contributed by atoms with Crippen molar-refractivity contribution in [2.45, 2.75) is 58.1 Å². The van der Waals surface area contributed by atoms with Crippen molar-refractivity contribution < 1.29 is 28.3 Å². The molecule has 2 amide bonds. The van der Waals surface area contributed by atoms with Crippen molar-refractivity contribution in [3.05, 3.63) is 35.4 Å². The van der Waals surface area contributed by atoms with Gasteiger partial charge in [-0.05, 0) is 32.4 Å². The van der Waals surface area contributed by atoms with E-state index in [1.165, 1.54) is 29.2 Å². The fraction of sp³-hybridized carbons (Fsp3) is 0.524. The molecule has 0 bridgehead atoms. The van der Waals surface area contributed by atoms with Crippen molar-refractivity contribution in [3.8, 4) is 0 Å². The van der Waals surface area contributed by atoms with Gasteiger partial charge in [0.1, 0.15) is 22.7 Å². The van der Waals surface area contributed by atoms with E-state index in [9.17, 15) is 19.2 Å². The Balaban J connectivity index is 1.82. The van der Waals surface area contributed by atoms with E-state index in [1.807, 2.05) is 0 Å². The lowest BCUT2D eigenvalue weighted by Crippen LogP contribution is -2.71. The van der Waals surface area contributed by atoms with Crippen LogP contribution in [0.15, 0.2) is 34.3 Å². The number of β-lactam (4-membered cyclic amide) rings is 1. The molecule has 1 aromatic heterocycles. The Hall–Kier alpha value is -2.55. The van der Waals surface area contributed by atoms with Gasteiger partial charge in [-0.25, -0.2) is 4.79 Å². The number of rotatable bonds is 6. The van der Waals surface area contributed by atoms with Crippen molar-refractivity contribution in [2.75, 3.05) is 5.75 Å². The minimum absolute atomic E-state index is 0.00212. The van der Waals surface area contributed by atoms with Gasteiger partial charge in [-0.3, -0.25) is 19.3 Å². The predicted octanol–water partition coefficient (Wildman–Crippen LogP) is 2.04. The van der Waals surface area contributed by atoms with Gasteiger partial charge in [-0.15, -0.1) is 11.8 Å². The third kappa shape index (κ3) is 4.45. The van der Waals surface area contributed by atoms with E-state index in [1.54, 1.807) is 40.7 Å². The predicted molar refractivity (Wildman–Crippen MR) is 110 cm³/mol. The molecular weight excluding hydrogens is 408 g/mol. The van der Waals surface area contributed by atoms with Crippen molar-refractivity contribution in [1.82, 2.24) is 10.2 Å². The number of hydrogen-bond acceptors (Lipinski definition) is 7. The zero-order chi connectivity index (χ0) is 22.2. The van der Waals surface area contributed by atoms with Crippen LogP contribution in [0, 0.1) is 5.92 Å². The lowest BCUT2D eigenvalue weighted by Gasteiger charge is -2.49. The van der Waals surface area contributed by atoms with Crippen LogP contribution in [0.4, 0.5) is 0 Å². The van der Waals surface area contributed by atoms with Gasteiger partial charge in [0.05, 0.1) is 18.9 Å². The normalized spacial score (nSPS) is 21.3. The average Bonchev–Trinajstić information content (AvgIpc) is 3.15. The van der Waals surface area contributed by atoms with Crippen LogP contribution in [0.3, 0.4) is 0 Å². The molecule has 2 aliphatic rings. The molecule has 0 aliphatic carbocycles. The first-order valence-electron chi connectivity index (χ1n) is 9.75. The molecule has 0 spiro atoms. The Morgan fingerprint density at radius 3 is 2.60 bits per heavy atom. The van der Waals surface area contributed by atoms with Crippen LogP contribution in [0.2, 0.25) is 0 Å². The highest BCUT2D eigenvalue weighted by Crippen LogP contribution is 2.41. The summed E-state index contributed by atoms with van der Waals surface area (Å²) < 4.78 is 10.4. The summed E-state index contributed by atoms with van der Waals surface area (Å²) in [4.78, 5) is 52.1. The van der Waals surface area contributed by atoms with Crippen LogP contribution in [0.5, 0.6) is 0 Å². The number of Topliss-reactive ketones (excluding diaryl/α,β-unsaturated/α-hetero) is 1. The molecule has 2 aliphatic heterocycles. The highest BCUT2D eigenvalue weighted by atomic mass is 32.2. The smallest absolute Gasteiger partial charge is 0.356 e. The van der Waals surface area contributed by atoms with Crippen molar-refractivity contribution in [3.63, 3.8) is 0 Å². The summed E-state index contributed by atoms with van der Waals surface area (Å²) in [5.74, 6) is -1.69. The van der Waals surface area contributed by atoms with Gasteiger partial charge in [-0.1, -0.05) is 13.8 Å². The molecule has 1 aromatic rings. The summed E-state index contributed by atoms with van der Waals surface area (Å²) in [5, 5.41) is 2.26. The Labute approximate surface area is 179 Å². The third-order valence-corrected chi connectivity index (χ3v) is 5.92. The Kier molecular flexibility index (Phi) is 6.12. The molecular formula is C21H26N2O6S. The van der Waals surface area contributed by atoms with E-state index in [-0.39, 0.29) is 41.1 Å². The number of ketones is 1. The van der Waals surface area contributed by atoms with Crippen molar-refractivity contribution in [1.29, 1.82) is 0 Å². The Morgan fingerprint density at radius 2 is 2.03 bits per heavy atom. The lowest BCUT2D eigenvalue weighted by molar-refractivity contribution is -0.159. The number of furan rings is 1. The molecule has 9 heteroatoms. The van der Waals surface area contributed by atoms with Crippen LogP contribution in [0.25, 0.3) is 0 Å². The molecule has 2 atom stereocenters. The largest absolute Gasteiger partial charge is 0.472 e. The number of ether oxygens (including phenoxy) is 1. The van der Waals surface area contributed by atoms with Gasteiger partial charge in [0.25, 0.3) is 5.91 Å². The standard InChI is InChI=1S/C21H26N2O6S/c1-11(2)17(25)13-10-30-19-15(22-14(24)8-12-6-7-28-9-12)18(26)23(19)16(13)20(27)29-21(3,4)5/h6-7,9,11,15,19H,8,10H2,1-5H3,(H,22,24)/t15?,19-/m0/s1. The Bertz CT molecular complexity index is 897. The molecule has 1 unspecified atom stereocenters. The minimum Gasteiger partial charge on any atom is -0.472 e. The maximum atomic E-state index is 12.9. The highest BCUT2D eigenvalue weighted by molar-refractivity contribution is 8.00. The van der Waals surface area contributed by atoms with Crippen LogP contribution < -0.4 is 5.32 Å². The van der Waals surface area contributed by atoms with E-state index >= 15 is 0 Å². The number of fused-ring (bicyclic) bond motifs is 1. The van der Waals surface area contributed by atoms with Crippen LogP contribution in [-0.2, 0) is 30.3 Å². The number of carbonyl (C=O) groups excluding carboxylic acids is 4. The zero-order valence-electron chi connectivity index (χ0n) is 17.7. The van der Waals surface area contributed by atoms with E-state index in [2.05, 4.69) is 5.32 Å². The van der Waals surface area contributed by atoms with Crippen LogP contribution in [0.1, 0.15) is 40.2 Å². The number of carbonyl (C=O) groups is 4. The van der Waals surface area contributed by atoms with Crippen LogP contribution >= 0.6 is 11.8 Å². The molecule has 1 fully saturated rings. The molecule has 162 valence electrons. The second-order valence-corrected chi connectivity index (χ2v) is 9.72. The first-order chi connectivity index (χ1) is 14.0. The fourth-order valence-electron chi connectivity index (χ4n) is 3.28. The number of amides is 2. The summed E-state index contributed by atoms with van der Waals surface area (Å²) in [6.45, 7) is 8.66. The molecule has 0 saturated carbocycles. The summed E-state index contributed by atoms with van der Waals surface area (Å²) in [7, 11) is 0. The molecule has 0 aromatic carbocycles. The maximum Gasteiger partial charge on any atom is 0.356 e. The molecule has 30 heavy (non-hydrogen) atoms. The molecule has 8 nitrogen and oxygen atoms in total. The lowest BCUT2D eigenvalue weighted by atomic mass is 9.96. The van der Waals surface area contributed by atoms with Gasteiger partial charge < -0.3 is 14.5 Å². The third-order valence-electron chi connectivity index (χ3n) is 4.64. The highest BCUT2D eigenvalue weighted by Gasteiger charge is 2.55. The van der Waals surface area contributed by atoms with Crippen molar-refractivity contribution >= 4 is 35.3 Å². The van der Waals surface area contributed by atoms with Gasteiger partial charge in [-0.2, -0.15) is 0 Å². The average molecular weight is 435 g/mol. The first kappa shape index (κ1) is 22.1. The van der Waals surface area contributed by atoms with Gasteiger partial charge >= 0.3 is 5.97 Å². The van der Waals surface area contributed by atoms with Crippen LogP contribution in [-0.4, -0.2) is 51.2 Å². The maximum absolute atomic E-state index is 12.9. The second kappa shape index (κ2) is 8.29. The summed E-state index contributed by atoms with van der Waals surface area (Å²) in [6, 6.07) is 0.916. The first-order valence-corrected chi connectivity index (χ1v) is 10.8. The number of nitrogens with zero attached hydrogens (tertiary/aromatic N) is 1. The van der Waals surface area contributed by atoms with Crippen molar-refractivity contribution in [2.24, 2.45) is 5.92 Å². The summed E-state index contributed by atoms with van der Waals surface area (Å²) in [5.41, 5.74) is 0.212. The SMILES string of the molecule is CC(C)C(=O)C1=C(C(=O)OC(C)(C)C)N2C(=O)C(NC(=O)Cc3ccoc3)[C@@H]2SC1. The second-order valence-electron chi connectivity index (χ2n) is 8.61. The Morgan fingerprint density at radius 1 is 1.33 bits per heavy atom. The molecule has 3 rings (SSSR count). The number of esters is 1. The summed E-state index contributed by atoms with van der Waals surface area (Å²) in [6.07, 6.45) is 3.03. The number of nitrogens with one attached hydrogen (secondary N) is 1. The molecule has 0 radical (unpaired) electrons. The van der Waals surface area contributed by atoms with E-state index in [4.69, 9.17) is 9.15 Å². The van der Waals surface area contributed by atoms with Gasteiger partial charge in [0.2, 0.25) is 5.91 Å². The number of thioether (sulfide) groups is 1. The van der Waals surface area contributed by atoms with Gasteiger partial charge in [0, 0.05) is 17.2 Å². The fourth-order valence-corrected chi connectivity index (χ4v) is 4.63. The molecule has 3 heterocycles. The topological polar surface area (TPSA) is 106 Å². The summed E-state index contributed by atoms with van der Waals surface area (Å²) >= 11 is 1.35. The number of hydrogen-bond donors (Lipinski definition) is 1. The van der Waals surface area contributed by atoms with Gasteiger partial charge in [0.15, 0.2) is 5.78 Å². The minimum atomic E-state index is -0.776.